The first kappa shape index (κ1) is 20.4. The number of benzene rings is 1. The number of nitrogens with one attached hydrogen (secondary N) is 1. The summed E-state index contributed by atoms with van der Waals surface area (Å²) in [6, 6.07) is 7.16. The van der Waals surface area contributed by atoms with Crippen LogP contribution in [0, 0.1) is 0 Å². The number of para-hydroxylation sites is 1. The van der Waals surface area contributed by atoms with Gasteiger partial charge in [0.2, 0.25) is 0 Å². The van der Waals surface area contributed by atoms with Gasteiger partial charge in [-0.25, -0.2) is 13.2 Å². The fourth-order valence-electron chi connectivity index (χ4n) is 4.40. The number of nitrogens with zero attached hydrogens (tertiary/aromatic N) is 1. The summed E-state index contributed by atoms with van der Waals surface area (Å²) in [6.07, 6.45) is 4.23. The van der Waals surface area contributed by atoms with Crippen molar-refractivity contribution >= 4 is 48.5 Å². The van der Waals surface area contributed by atoms with Crippen molar-refractivity contribution in [1.29, 1.82) is 0 Å². The van der Waals surface area contributed by atoms with Gasteiger partial charge in [-0.2, -0.15) is 0 Å². The van der Waals surface area contributed by atoms with Gasteiger partial charge in [0.15, 0.2) is 16.4 Å². The van der Waals surface area contributed by atoms with E-state index in [9.17, 15) is 18.0 Å². The normalized spacial score (nSPS) is 21.5. The summed E-state index contributed by atoms with van der Waals surface area (Å²) in [6.45, 7) is -0.395. The van der Waals surface area contributed by atoms with Crippen LogP contribution >= 0.6 is 15.9 Å². The second-order valence-corrected chi connectivity index (χ2v) is 10.8. The summed E-state index contributed by atoms with van der Waals surface area (Å²) < 4.78 is 29.8. The highest BCUT2D eigenvalue weighted by molar-refractivity contribution is 9.10. The molecule has 2 fully saturated rings. The van der Waals surface area contributed by atoms with Crippen LogP contribution in [0.5, 0.6) is 0 Å². The Morgan fingerprint density at radius 1 is 1.14 bits per heavy atom. The Kier molecular flexibility index (Phi) is 5.70. The lowest BCUT2D eigenvalue weighted by molar-refractivity contribution is -0.139. The Bertz CT molecular complexity index is 1040. The maximum Gasteiger partial charge on any atom is 0.356 e. The molecule has 29 heavy (non-hydrogen) atoms. The topological polar surface area (TPSA) is 96.5 Å². The first-order chi connectivity index (χ1) is 13.9. The zero-order chi connectivity index (χ0) is 20.6. The maximum absolute atomic E-state index is 13.0. The largest absolute Gasteiger partial charge is 0.451 e. The van der Waals surface area contributed by atoms with Crippen LogP contribution < -0.4 is 0 Å². The van der Waals surface area contributed by atoms with E-state index in [0.717, 1.165) is 36.6 Å². The molecule has 1 saturated heterocycles. The Balaban J connectivity index is 1.47. The zero-order valence-electron chi connectivity index (χ0n) is 15.9. The third kappa shape index (κ3) is 4.21. The van der Waals surface area contributed by atoms with Gasteiger partial charge in [0.05, 0.1) is 16.0 Å². The van der Waals surface area contributed by atoms with E-state index < -0.39 is 22.4 Å². The predicted octanol–water partition coefficient (Wildman–Crippen LogP) is 3.05. The van der Waals surface area contributed by atoms with E-state index in [0.29, 0.717) is 10.9 Å². The Morgan fingerprint density at radius 2 is 1.86 bits per heavy atom. The maximum atomic E-state index is 13.0. The molecule has 0 radical (unpaired) electrons. The monoisotopic (exact) mass is 482 g/mol. The first-order valence-corrected chi connectivity index (χ1v) is 12.4. The standard InChI is InChI=1S/C20H23BrN2O5S/c21-18-15-7-3-4-8-16(15)22-19(18)20(25)28-11-17(24)23(13-5-1-2-6-13)14-9-10-29(26,27)12-14/h3-4,7-8,13-14,22H,1-2,5-6,9-12H2. The molecule has 9 heteroatoms. The van der Waals surface area contributed by atoms with Crippen molar-refractivity contribution in [1.82, 2.24) is 9.88 Å². The average Bonchev–Trinajstić information content (AvgIpc) is 3.41. The van der Waals surface area contributed by atoms with Gasteiger partial charge in [0.25, 0.3) is 5.91 Å². The second-order valence-electron chi connectivity index (χ2n) is 7.73. The highest BCUT2D eigenvalue weighted by Gasteiger charge is 2.39. The van der Waals surface area contributed by atoms with Crippen molar-refractivity contribution in [2.75, 3.05) is 18.1 Å². The van der Waals surface area contributed by atoms with Crippen LogP contribution in [0.3, 0.4) is 0 Å². The smallest absolute Gasteiger partial charge is 0.356 e. The molecule has 1 atom stereocenters. The van der Waals surface area contributed by atoms with E-state index in [1.165, 1.54) is 0 Å². The Morgan fingerprint density at radius 3 is 2.52 bits per heavy atom. The van der Waals surface area contributed by atoms with Crippen LogP contribution in [0.1, 0.15) is 42.6 Å². The number of esters is 1. The molecule has 4 rings (SSSR count). The molecular formula is C20H23BrN2O5S. The average molecular weight is 483 g/mol. The van der Waals surface area contributed by atoms with Crippen LogP contribution in [0.4, 0.5) is 0 Å². The molecule has 7 nitrogen and oxygen atoms in total. The molecule has 1 aromatic carbocycles. The van der Waals surface area contributed by atoms with Crippen LogP contribution in [-0.4, -0.2) is 60.4 Å². The molecule has 0 spiro atoms. The summed E-state index contributed by atoms with van der Waals surface area (Å²) >= 11 is 3.41. The van der Waals surface area contributed by atoms with Crippen LogP contribution in [0.2, 0.25) is 0 Å². The summed E-state index contributed by atoms with van der Waals surface area (Å²) in [4.78, 5) is 30.2. The second kappa shape index (κ2) is 8.10. The molecule has 2 heterocycles. The van der Waals surface area contributed by atoms with Gasteiger partial charge in [-0.3, -0.25) is 4.79 Å². The Labute approximate surface area is 177 Å². The van der Waals surface area contributed by atoms with E-state index in [-0.39, 0.29) is 35.2 Å². The molecule has 1 unspecified atom stereocenters. The predicted molar refractivity (Wildman–Crippen MR) is 112 cm³/mol. The number of amides is 1. The van der Waals surface area contributed by atoms with E-state index in [2.05, 4.69) is 20.9 Å². The lowest BCUT2D eigenvalue weighted by Crippen LogP contribution is -2.48. The summed E-state index contributed by atoms with van der Waals surface area (Å²) in [5, 5.41) is 0.856. The van der Waals surface area contributed by atoms with Crippen molar-refractivity contribution in [3.63, 3.8) is 0 Å². The molecule has 0 bridgehead atoms. The summed E-state index contributed by atoms with van der Waals surface area (Å²) in [5.74, 6) is -0.835. The fraction of sp³-hybridized carbons (Fsp3) is 0.500. The molecule has 2 aliphatic rings. The molecule has 1 aromatic heterocycles. The van der Waals surface area contributed by atoms with Crippen molar-refractivity contribution in [2.24, 2.45) is 0 Å². The van der Waals surface area contributed by atoms with E-state index in [1.807, 2.05) is 24.3 Å². The number of aromatic nitrogens is 1. The van der Waals surface area contributed by atoms with Gasteiger partial charge >= 0.3 is 5.97 Å². The first-order valence-electron chi connectivity index (χ1n) is 9.80. The summed E-state index contributed by atoms with van der Waals surface area (Å²) in [5.41, 5.74) is 1.05. The zero-order valence-corrected chi connectivity index (χ0v) is 18.3. The number of hydrogen-bond acceptors (Lipinski definition) is 5. The van der Waals surface area contributed by atoms with Crippen molar-refractivity contribution in [2.45, 2.75) is 44.2 Å². The van der Waals surface area contributed by atoms with Gasteiger partial charge in [-0.15, -0.1) is 0 Å². The lowest BCUT2D eigenvalue weighted by Gasteiger charge is -2.33. The molecule has 1 aliphatic heterocycles. The highest BCUT2D eigenvalue weighted by Crippen LogP contribution is 2.30. The number of fused-ring (bicyclic) bond motifs is 1. The molecule has 1 amide bonds. The minimum absolute atomic E-state index is 0.00322. The number of H-pyrrole nitrogens is 1. The van der Waals surface area contributed by atoms with Crippen LogP contribution in [0.25, 0.3) is 10.9 Å². The third-order valence-electron chi connectivity index (χ3n) is 5.78. The number of carbonyl (C=O) groups is 2. The third-order valence-corrected chi connectivity index (χ3v) is 8.36. The number of carbonyl (C=O) groups excluding carboxylic acids is 2. The van der Waals surface area contributed by atoms with E-state index in [4.69, 9.17) is 4.74 Å². The lowest BCUT2D eigenvalue weighted by atomic mass is 10.1. The van der Waals surface area contributed by atoms with Gasteiger partial charge < -0.3 is 14.6 Å². The van der Waals surface area contributed by atoms with E-state index >= 15 is 0 Å². The number of hydrogen-bond donors (Lipinski definition) is 1. The number of aromatic amines is 1. The van der Waals surface area contributed by atoms with Crippen molar-refractivity contribution in [3.05, 3.63) is 34.4 Å². The fourth-order valence-corrected chi connectivity index (χ4v) is 6.72. The van der Waals surface area contributed by atoms with Gasteiger partial charge in [0.1, 0.15) is 5.69 Å². The van der Waals surface area contributed by atoms with Crippen molar-refractivity contribution in [3.8, 4) is 0 Å². The number of rotatable bonds is 5. The van der Waals surface area contributed by atoms with Crippen LogP contribution in [-0.2, 0) is 19.4 Å². The quantitative estimate of drug-likeness (QED) is 0.660. The molecule has 1 saturated carbocycles. The molecule has 1 N–H and O–H groups in total. The molecule has 156 valence electrons. The number of halogens is 1. The highest BCUT2D eigenvalue weighted by atomic mass is 79.9. The number of ether oxygens (including phenoxy) is 1. The molecule has 1 aliphatic carbocycles. The number of sulfone groups is 1. The Hall–Kier alpha value is -1.87. The molecule has 2 aromatic rings. The summed E-state index contributed by atoms with van der Waals surface area (Å²) in [7, 11) is -3.11. The van der Waals surface area contributed by atoms with Gasteiger partial charge in [-0.1, -0.05) is 31.0 Å². The van der Waals surface area contributed by atoms with Crippen LogP contribution in [0.15, 0.2) is 28.7 Å². The van der Waals surface area contributed by atoms with Gasteiger partial charge in [-0.05, 0) is 41.3 Å². The SMILES string of the molecule is O=C(OCC(=O)N(C1CCCC1)C1CCS(=O)(=O)C1)c1[nH]c2ccccc2c1Br. The molecular weight excluding hydrogens is 460 g/mol. The minimum atomic E-state index is -3.11. The van der Waals surface area contributed by atoms with Crippen molar-refractivity contribution < 1.29 is 22.7 Å². The minimum Gasteiger partial charge on any atom is -0.451 e. The van der Waals surface area contributed by atoms with E-state index in [1.54, 1.807) is 4.90 Å². The van der Waals surface area contributed by atoms with Gasteiger partial charge in [0, 0.05) is 23.0 Å².